The Bertz CT molecular complexity index is 307. The van der Waals surface area contributed by atoms with Crippen LogP contribution in [-0.2, 0) is 6.54 Å². The van der Waals surface area contributed by atoms with Crippen molar-refractivity contribution in [2.75, 3.05) is 25.5 Å². The van der Waals surface area contributed by atoms with E-state index < -0.39 is 0 Å². The Labute approximate surface area is 93.3 Å². The molecule has 0 aromatic heterocycles. The molecule has 0 heterocycles. The molecule has 84 valence electrons. The predicted octanol–water partition coefficient (Wildman–Crippen LogP) is 2.56. The lowest BCUT2D eigenvalue weighted by Crippen LogP contribution is -2.18. The Hall–Kier alpha value is -1.02. The van der Waals surface area contributed by atoms with Crippen molar-refractivity contribution in [3.8, 4) is 0 Å². The molecule has 0 atom stereocenters. The third-order valence-electron chi connectivity index (χ3n) is 2.69. The van der Waals surface area contributed by atoms with Crippen LogP contribution >= 0.6 is 0 Å². The molecule has 0 saturated carbocycles. The minimum Gasteiger partial charge on any atom is -0.375 e. The molecule has 1 rings (SSSR count). The number of nitrogens with one attached hydrogen (secondary N) is 1. The van der Waals surface area contributed by atoms with Crippen molar-refractivity contribution in [3.05, 3.63) is 29.3 Å². The first-order valence-electron chi connectivity index (χ1n) is 5.64. The van der Waals surface area contributed by atoms with E-state index >= 15 is 0 Å². The van der Waals surface area contributed by atoms with Crippen LogP contribution in [0, 0.1) is 6.92 Å². The van der Waals surface area contributed by atoms with Crippen LogP contribution in [0.4, 0.5) is 5.69 Å². The van der Waals surface area contributed by atoms with Crippen molar-refractivity contribution in [2.24, 2.45) is 0 Å². The fourth-order valence-corrected chi connectivity index (χ4v) is 1.77. The van der Waals surface area contributed by atoms with Crippen molar-refractivity contribution in [1.29, 1.82) is 0 Å². The molecule has 0 fully saturated rings. The summed E-state index contributed by atoms with van der Waals surface area (Å²) >= 11 is 0. The summed E-state index contributed by atoms with van der Waals surface area (Å²) in [5.41, 5.74) is 4.06. The van der Waals surface area contributed by atoms with Gasteiger partial charge in [-0.15, -0.1) is 0 Å². The fourth-order valence-electron chi connectivity index (χ4n) is 1.77. The van der Waals surface area contributed by atoms with Crippen molar-refractivity contribution in [2.45, 2.75) is 26.8 Å². The van der Waals surface area contributed by atoms with Gasteiger partial charge in [0, 0.05) is 25.8 Å². The Kier molecular flexibility index (Phi) is 4.63. The van der Waals surface area contributed by atoms with Crippen LogP contribution < -0.4 is 10.2 Å². The molecule has 2 heteroatoms. The Morgan fingerprint density at radius 1 is 1.33 bits per heavy atom. The van der Waals surface area contributed by atoms with Crippen LogP contribution in [0.2, 0.25) is 0 Å². The molecule has 0 aliphatic rings. The highest BCUT2D eigenvalue weighted by molar-refractivity contribution is 5.50. The molecule has 1 aromatic rings. The second-order valence-corrected chi connectivity index (χ2v) is 4.06. The molecule has 0 spiro atoms. The van der Waals surface area contributed by atoms with Gasteiger partial charge in [-0.3, -0.25) is 0 Å². The van der Waals surface area contributed by atoms with Crippen LogP contribution in [0.15, 0.2) is 18.2 Å². The average Bonchev–Trinajstić information content (AvgIpc) is 2.21. The van der Waals surface area contributed by atoms with E-state index in [0.717, 1.165) is 13.1 Å². The Balaban J connectivity index is 2.81. The molecule has 0 amide bonds. The average molecular weight is 206 g/mol. The van der Waals surface area contributed by atoms with E-state index in [2.05, 4.69) is 49.3 Å². The quantitative estimate of drug-likeness (QED) is 0.796. The number of nitrogens with zero attached hydrogens (tertiary/aromatic N) is 1. The van der Waals surface area contributed by atoms with Gasteiger partial charge in [0.15, 0.2) is 0 Å². The molecular formula is C13H22N2. The van der Waals surface area contributed by atoms with Crippen molar-refractivity contribution < 1.29 is 0 Å². The van der Waals surface area contributed by atoms with Gasteiger partial charge in [-0.25, -0.2) is 0 Å². The molecule has 0 saturated heterocycles. The van der Waals surface area contributed by atoms with Crippen molar-refractivity contribution in [1.82, 2.24) is 5.32 Å². The van der Waals surface area contributed by atoms with Gasteiger partial charge < -0.3 is 10.2 Å². The van der Waals surface area contributed by atoms with Crippen LogP contribution in [0.3, 0.4) is 0 Å². The van der Waals surface area contributed by atoms with Gasteiger partial charge in [0.1, 0.15) is 0 Å². The maximum absolute atomic E-state index is 3.19. The number of hydrogen-bond acceptors (Lipinski definition) is 2. The molecule has 15 heavy (non-hydrogen) atoms. The number of anilines is 1. The predicted molar refractivity (Wildman–Crippen MR) is 67.5 cm³/mol. The number of rotatable bonds is 5. The highest BCUT2D eigenvalue weighted by Gasteiger charge is 2.02. The summed E-state index contributed by atoms with van der Waals surface area (Å²) in [6.45, 7) is 6.45. The topological polar surface area (TPSA) is 15.3 Å². The summed E-state index contributed by atoms with van der Waals surface area (Å²) < 4.78 is 0. The smallest absolute Gasteiger partial charge is 0.0366 e. The summed E-state index contributed by atoms with van der Waals surface area (Å²) in [6, 6.07) is 6.69. The monoisotopic (exact) mass is 206 g/mol. The third kappa shape index (κ3) is 3.24. The molecule has 0 aliphatic carbocycles. The second-order valence-electron chi connectivity index (χ2n) is 4.06. The first-order valence-corrected chi connectivity index (χ1v) is 5.64. The van der Waals surface area contributed by atoms with E-state index in [1.165, 1.54) is 23.2 Å². The normalized spacial score (nSPS) is 10.4. The number of benzene rings is 1. The standard InChI is InChI=1S/C13H22N2/c1-5-8-15(4)13-7-6-12(10-14-3)11(2)9-13/h6-7,9,14H,5,8,10H2,1-4H3. The highest BCUT2D eigenvalue weighted by Crippen LogP contribution is 2.18. The highest BCUT2D eigenvalue weighted by atomic mass is 15.1. The van der Waals surface area contributed by atoms with Crippen LogP contribution in [0.1, 0.15) is 24.5 Å². The van der Waals surface area contributed by atoms with Gasteiger partial charge in [-0.1, -0.05) is 13.0 Å². The van der Waals surface area contributed by atoms with Gasteiger partial charge in [-0.2, -0.15) is 0 Å². The van der Waals surface area contributed by atoms with E-state index in [4.69, 9.17) is 0 Å². The fraction of sp³-hybridized carbons (Fsp3) is 0.538. The van der Waals surface area contributed by atoms with E-state index in [0.29, 0.717) is 0 Å². The molecule has 0 radical (unpaired) electrons. The zero-order valence-electron chi connectivity index (χ0n) is 10.3. The summed E-state index contributed by atoms with van der Waals surface area (Å²) in [5, 5.41) is 3.19. The molecule has 0 bridgehead atoms. The minimum absolute atomic E-state index is 0.948. The summed E-state index contributed by atoms with van der Waals surface area (Å²) in [6.07, 6.45) is 1.19. The van der Waals surface area contributed by atoms with Gasteiger partial charge in [0.05, 0.1) is 0 Å². The first-order chi connectivity index (χ1) is 7.19. The Morgan fingerprint density at radius 3 is 2.60 bits per heavy atom. The maximum atomic E-state index is 3.19. The maximum Gasteiger partial charge on any atom is 0.0366 e. The van der Waals surface area contributed by atoms with E-state index in [9.17, 15) is 0 Å². The summed E-state index contributed by atoms with van der Waals surface area (Å²) in [4.78, 5) is 2.30. The van der Waals surface area contributed by atoms with Crippen LogP contribution in [0.5, 0.6) is 0 Å². The second kappa shape index (κ2) is 5.76. The molecule has 0 unspecified atom stereocenters. The molecule has 2 nitrogen and oxygen atoms in total. The summed E-state index contributed by atoms with van der Waals surface area (Å²) in [5.74, 6) is 0. The first kappa shape index (κ1) is 12.1. The lowest BCUT2D eigenvalue weighted by Gasteiger charge is -2.19. The van der Waals surface area contributed by atoms with E-state index in [1.807, 2.05) is 7.05 Å². The van der Waals surface area contributed by atoms with Gasteiger partial charge >= 0.3 is 0 Å². The number of aryl methyl sites for hydroxylation is 1. The van der Waals surface area contributed by atoms with Gasteiger partial charge in [-0.05, 0) is 43.7 Å². The number of hydrogen-bond donors (Lipinski definition) is 1. The third-order valence-corrected chi connectivity index (χ3v) is 2.69. The minimum atomic E-state index is 0.948. The van der Waals surface area contributed by atoms with Gasteiger partial charge in [0.2, 0.25) is 0 Å². The summed E-state index contributed by atoms with van der Waals surface area (Å²) in [7, 11) is 4.13. The van der Waals surface area contributed by atoms with Crippen molar-refractivity contribution in [3.63, 3.8) is 0 Å². The zero-order valence-corrected chi connectivity index (χ0v) is 10.3. The lowest BCUT2D eigenvalue weighted by atomic mass is 10.1. The largest absolute Gasteiger partial charge is 0.375 e. The van der Waals surface area contributed by atoms with Crippen LogP contribution in [-0.4, -0.2) is 20.6 Å². The Morgan fingerprint density at radius 2 is 2.07 bits per heavy atom. The van der Waals surface area contributed by atoms with E-state index in [-0.39, 0.29) is 0 Å². The van der Waals surface area contributed by atoms with Crippen molar-refractivity contribution >= 4 is 5.69 Å². The van der Waals surface area contributed by atoms with Gasteiger partial charge in [0.25, 0.3) is 0 Å². The van der Waals surface area contributed by atoms with E-state index in [1.54, 1.807) is 0 Å². The molecule has 1 aromatic carbocycles. The molecule has 0 aliphatic heterocycles. The molecular weight excluding hydrogens is 184 g/mol. The zero-order chi connectivity index (χ0) is 11.3. The lowest BCUT2D eigenvalue weighted by molar-refractivity contribution is 0.809. The molecule has 1 N–H and O–H groups in total. The SMILES string of the molecule is CCCN(C)c1ccc(CNC)c(C)c1. The van der Waals surface area contributed by atoms with Crippen LogP contribution in [0.25, 0.3) is 0 Å².